The Hall–Kier alpha value is -0.330. The Morgan fingerprint density at radius 1 is 0.826 bits per heavy atom. The molecule has 0 aromatic heterocycles. The maximum atomic E-state index is 11.9. The summed E-state index contributed by atoms with van der Waals surface area (Å²) in [5.74, 6) is 8.02. The van der Waals surface area contributed by atoms with Crippen LogP contribution in [0.15, 0.2) is 0 Å². The number of carbonyl (C=O) groups excluding carboxylic acids is 1. The lowest BCUT2D eigenvalue weighted by Gasteiger charge is -2.59. The predicted octanol–water partition coefficient (Wildman–Crippen LogP) is 5.34. The number of aldehydes is 1. The smallest absolute Gasteiger partial charge is 0.123 e. The molecule has 0 radical (unpaired) electrons. The SMILES string of the molecule is CC1CCC2C(CCC3C2CCC2(C)C(C=O)C4CC4CC32)C1. The molecule has 0 aromatic carbocycles. The van der Waals surface area contributed by atoms with Crippen LogP contribution in [0, 0.1) is 58.7 Å². The van der Waals surface area contributed by atoms with Gasteiger partial charge in [-0.3, -0.25) is 0 Å². The summed E-state index contributed by atoms with van der Waals surface area (Å²) in [7, 11) is 0. The first-order valence-electron chi connectivity index (χ1n) is 10.6. The van der Waals surface area contributed by atoms with Gasteiger partial charge < -0.3 is 4.79 Å². The molecule has 1 heteroatoms. The number of hydrogen-bond acceptors (Lipinski definition) is 1. The number of rotatable bonds is 1. The number of hydrogen-bond donors (Lipinski definition) is 0. The molecule has 0 bridgehead atoms. The highest BCUT2D eigenvalue weighted by molar-refractivity contribution is 5.57. The van der Waals surface area contributed by atoms with E-state index in [1.165, 1.54) is 64.1 Å². The average Bonchev–Trinajstić information content (AvgIpc) is 3.30. The summed E-state index contributed by atoms with van der Waals surface area (Å²) in [6, 6.07) is 0. The second-order valence-electron chi connectivity index (χ2n) is 10.5. The zero-order valence-electron chi connectivity index (χ0n) is 15.0. The van der Waals surface area contributed by atoms with Crippen molar-refractivity contribution in [2.75, 3.05) is 0 Å². The van der Waals surface area contributed by atoms with Gasteiger partial charge in [-0.25, -0.2) is 0 Å². The highest BCUT2D eigenvalue weighted by Gasteiger charge is 2.63. The van der Waals surface area contributed by atoms with Crippen molar-refractivity contribution >= 4 is 6.29 Å². The fraction of sp³-hybridized carbons (Fsp3) is 0.955. The maximum absolute atomic E-state index is 11.9. The van der Waals surface area contributed by atoms with Gasteiger partial charge in [0, 0.05) is 5.92 Å². The average molecular weight is 315 g/mol. The molecule has 0 saturated heterocycles. The third-order valence-electron chi connectivity index (χ3n) is 9.56. The van der Waals surface area contributed by atoms with Crippen LogP contribution in [-0.4, -0.2) is 6.29 Å². The van der Waals surface area contributed by atoms with E-state index in [-0.39, 0.29) is 0 Å². The van der Waals surface area contributed by atoms with E-state index >= 15 is 0 Å². The molecule has 0 aromatic rings. The fourth-order valence-electron chi connectivity index (χ4n) is 8.35. The first-order valence-corrected chi connectivity index (χ1v) is 10.6. The van der Waals surface area contributed by atoms with Crippen LogP contribution in [0.1, 0.15) is 71.6 Å². The molecule has 5 aliphatic carbocycles. The van der Waals surface area contributed by atoms with Crippen LogP contribution in [0.4, 0.5) is 0 Å². The summed E-state index contributed by atoms with van der Waals surface area (Å²) >= 11 is 0. The van der Waals surface area contributed by atoms with Gasteiger partial charge in [-0.2, -0.15) is 0 Å². The van der Waals surface area contributed by atoms with Gasteiger partial charge in [0.2, 0.25) is 0 Å². The van der Waals surface area contributed by atoms with Gasteiger partial charge in [0.25, 0.3) is 0 Å². The lowest BCUT2D eigenvalue weighted by atomic mass is 9.45. The summed E-state index contributed by atoms with van der Waals surface area (Å²) in [4.78, 5) is 11.9. The largest absolute Gasteiger partial charge is 0.303 e. The standard InChI is InChI=1S/C22H34O/c1-13-3-5-16-14(9-13)4-6-18-17(16)7-8-22(2)20(18)11-15-10-19(15)21(22)12-23/h12-21H,3-11H2,1-2H3. The molecule has 128 valence electrons. The molecule has 1 nitrogen and oxygen atoms in total. The molecule has 0 amide bonds. The van der Waals surface area contributed by atoms with E-state index in [1.807, 2.05) is 0 Å². The van der Waals surface area contributed by atoms with Crippen molar-refractivity contribution in [2.24, 2.45) is 58.7 Å². The fourth-order valence-corrected chi connectivity index (χ4v) is 8.35. The van der Waals surface area contributed by atoms with Crippen LogP contribution < -0.4 is 0 Å². The topological polar surface area (TPSA) is 17.1 Å². The summed E-state index contributed by atoms with van der Waals surface area (Å²) in [5.41, 5.74) is 0.357. The first-order chi connectivity index (χ1) is 11.1. The number of carbonyl (C=O) groups is 1. The Balaban J connectivity index is 1.43. The van der Waals surface area contributed by atoms with Crippen molar-refractivity contribution in [1.82, 2.24) is 0 Å². The molecule has 10 unspecified atom stereocenters. The normalized spacial score (nSPS) is 60.7. The van der Waals surface area contributed by atoms with Gasteiger partial charge in [-0.1, -0.05) is 20.3 Å². The summed E-state index contributed by atoms with van der Waals surface area (Å²) < 4.78 is 0. The second-order valence-corrected chi connectivity index (χ2v) is 10.5. The Labute approximate surface area is 142 Å². The minimum atomic E-state index is 0.357. The van der Waals surface area contributed by atoms with Gasteiger partial charge in [-0.05, 0) is 104 Å². The van der Waals surface area contributed by atoms with E-state index in [2.05, 4.69) is 13.8 Å². The first kappa shape index (κ1) is 15.0. The van der Waals surface area contributed by atoms with Crippen molar-refractivity contribution in [1.29, 1.82) is 0 Å². The molecule has 0 N–H and O–H groups in total. The molecule has 5 fully saturated rings. The third-order valence-corrected chi connectivity index (χ3v) is 9.56. The Morgan fingerprint density at radius 3 is 2.48 bits per heavy atom. The van der Waals surface area contributed by atoms with E-state index in [9.17, 15) is 4.79 Å². The minimum absolute atomic E-state index is 0.357. The van der Waals surface area contributed by atoms with Crippen LogP contribution in [-0.2, 0) is 4.79 Å². The van der Waals surface area contributed by atoms with Crippen molar-refractivity contribution < 1.29 is 4.79 Å². The van der Waals surface area contributed by atoms with Crippen LogP contribution in [0.25, 0.3) is 0 Å². The van der Waals surface area contributed by atoms with Crippen LogP contribution in [0.2, 0.25) is 0 Å². The molecule has 5 rings (SSSR count). The maximum Gasteiger partial charge on any atom is 0.123 e. The van der Waals surface area contributed by atoms with Gasteiger partial charge in [-0.15, -0.1) is 0 Å². The lowest BCUT2D eigenvalue weighted by Crippen LogP contribution is -2.53. The predicted molar refractivity (Wildman–Crippen MR) is 92.8 cm³/mol. The minimum Gasteiger partial charge on any atom is -0.303 e. The molecule has 10 atom stereocenters. The van der Waals surface area contributed by atoms with Crippen molar-refractivity contribution in [2.45, 2.75) is 71.6 Å². The van der Waals surface area contributed by atoms with E-state index < -0.39 is 0 Å². The van der Waals surface area contributed by atoms with E-state index in [0.717, 1.165) is 47.3 Å². The lowest BCUT2D eigenvalue weighted by molar-refractivity contribution is -0.135. The molecule has 0 aliphatic heterocycles. The number of fused-ring (bicyclic) bond motifs is 6. The molecular formula is C22H34O. The van der Waals surface area contributed by atoms with Crippen LogP contribution in [0.5, 0.6) is 0 Å². The van der Waals surface area contributed by atoms with Crippen molar-refractivity contribution in [3.8, 4) is 0 Å². The molecule has 0 heterocycles. The Morgan fingerprint density at radius 2 is 1.65 bits per heavy atom. The molecular weight excluding hydrogens is 280 g/mol. The van der Waals surface area contributed by atoms with Crippen LogP contribution in [0.3, 0.4) is 0 Å². The Kier molecular flexibility index (Phi) is 3.31. The van der Waals surface area contributed by atoms with Gasteiger partial charge in [0.05, 0.1) is 0 Å². The Bertz CT molecular complexity index is 498. The summed E-state index contributed by atoms with van der Waals surface area (Å²) in [5, 5.41) is 0. The second kappa shape index (κ2) is 5.09. The summed E-state index contributed by atoms with van der Waals surface area (Å²) in [6.45, 7) is 4.99. The zero-order chi connectivity index (χ0) is 15.8. The van der Waals surface area contributed by atoms with E-state index in [0.29, 0.717) is 11.3 Å². The van der Waals surface area contributed by atoms with E-state index in [4.69, 9.17) is 0 Å². The van der Waals surface area contributed by atoms with Crippen LogP contribution >= 0.6 is 0 Å². The van der Waals surface area contributed by atoms with E-state index in [1.54, 1.807) is 0 Å². The highest BCUT2D eigenvalue weighted by Crippen LogP contribution is 2.69. The van der Waals surface area contributed by atoms with Gasteiger partial charge >= 0.3 is 0 Å². The monoisotopic (exact) mass is 314 g/mol. The van der Waals surface area contributed by atoms with Crippen molar-refractivity contribution in [3.05, 3.63) is 0 Å². The highest BCUT2D eigenvalue weighted by atomic mass is 16.1. The van der Waals surface area contributed by atoms with Gasteiger partial charge in [0.15, 0.2) is 0 Å². The third kappa shape index (κ3) is 2.07. The zero-order valence-corrected chi connectivity index (χ0v) is 15.0. The molecule has 5 aliphatic rings. The van der Waals surface area contributed by atoms with Crippen molar-refractivity contribution in [3.63, 3.8) is 0 Å². The molecule has 0 spiro atoms. The molecule has 5 saturated carbocycles. The van der Waals surface area contributed by atoms with Gasteiger partial charge in [0.1, 0.15) is 6.29 Å². The molecule has 23 heavy (non-hydrogen) atoms. The summed E-state index contributed by atoms with van der Waals surface area (Å²) in [6.07, 6.45) is 14.5. The quantitative estimate of drug-likeness (QED) is 0.597.